The molecule has 0 aliphatic rings. The number of rotatable bonds is 7. The molecule has 0 N–H and O–H groups in total. The summed E-state index contributed by atoms with van der Waals surface area (Å²) in [5.41, 5.74) is 0.439. The Labute approximate surface area is 111 Å². The summed E-state index contributed by atoms with van der Waals surface area (Å²) in [7, 11) is 1.60. The van der Waals surface area contributed by atoms with Crippen LogP contribution in [-0.2, 0) is 9.47 Å². The Balaban J connectivity index is 2.44. The molecule has 0 radical (unpaired) electrons. The summed E-state index contributed by atoms with van der Waals surface area (Å²) in [5.74, 6) is -0.0742. The Morgan fingerprint density at radius 1 is 1.24 bits per heavy atom. The summed E-state index contributed by atoms with van der Waals surface area (Å²) in [4.78, 5) is 11.8. The minimum atomic E-state index is -0.0742. The van der Waals surface area contributed by atoms with Crippen molar-refractivity contribution in [2.24, 2.45) is 0 Å². The zero-order valence-electron chi connectivity index (χ0n) is 9.54. The molecule has 0 aromatic heterocycles. The van der Waals surface area contributed by atoms with Gasteiger partial charge in [-0.2, -0.15) is 0 Å². The molecule has 0 amide bonds. The van der Waals surface area contributed by atoms with E-state index in [0.29, 0.717) is 35.4 Å². The van der Waals surface area contributed by atoms with Gasteiger partial charge in [0.1, 0.15) is 0 Å². The lowest BCUT2D eigenvalue weighted by Crippen LogP contribution is -2.08. The summed E-state index contributed by atoms with van der Waals surface area (Å²) in [6.07, 6.45) is 0.282. The molecule has 0 unspecified atom stereocenters. The van der Waals surface area contributed by atoms with Crippen molar-refractivity contribution in [3.05, 3.63) is 33.8 Å². The lowest BCUT2D eigenvalue weighted by atomic mass is 10.1. The second kappa shape index (κ2) is 7.67. The number of methoxy groups -OCH3 is 1. The molecule has 0 heterocycles. The van der Waals surface area contributed by atoms with E-state index in [2.05, 4.69) is 0 Å². The van der Waals surface area contributed by atoms with Gasteiger partial charge in [0.2, 0.25) is 0 Å². The number of hydrogen-bond donors (Lipinski definition) is 0. The molecule has 3 nitrogen and oxygen atoms in total. The molecule has 94 valence electrons. The van der Waals surface area contributed by atoms with Crippen molar-refractivity contribution in [2.45, 2.75) is 6.42 Å². The molecule has 0 spiro atoms. The van der Waals surface area contributed by atoms with Crippen LogP contribution in [0, 0.1) is 0 Å². The maximum Gasteiger partial charge on any atom is 0.166 e. The Hall–Kier alpha value is -0.610. The first-order valence-electron chi connectivity index (χ1n) is 5.20. The minimum Gasteiger partial charge on any atom is -0.382 e. The molecule has 0 aliphatic heterocycles. The van der Waals surface area contributed by atoms with Crippen molar-refractivity contribution in [3.8, 4) is 0 Å². The van der Waals surface area contributed by atoms with Gasteiger partial charge in [-0.25, -0.2) is 0 Å². The van der Waals surface area contributed by atoms with E-state index < -0.39 is 0 Å². The van der Waals surface area contributed by atoms with E-state index in [1.807, 2.05) is 0 Å². The molecular weight excluding hydrogens is 263 g/mol. The van der Waals surface area contributed by atoms with Gasteiger partial charge in [-0.1, -0.05) is 29.3 Å². The fraction of sp³-hybridized carbons (Fsp3) is 0.417. The van der Waals surface area contributed by atoms with E-state index in [1.165, 1.54) is 0 Å². The molecule has 0 saturated heterocycles. The monoisotopic (exact) mass is 276 g/mol. The molecule has 5 heteroatoms. The summed E-state index contributed by atoms with van der Waals surface area (Å²) >= 11 is 11.8. The van der Waals surface area contributed by atoms with Gasteiger partial charge in [0.15, 0.2) is 5.78 Å². The van der Waals surface area contributed by atoms with Gasteiger partial charge in [0.05, 0.1) is 29.9 Å². The van der Waals surface area contributed by atoms with E-state index >= 15 is 0 Å². The van der Waals surface area contributed by atoms with Crippen molar-refractivity contribution in [2.75, 3.05) is 26.9 Å². The van der Waals surface area contributed by atoms with E-state index in [-0.39, 0.29) is 12.2 Å². The van der Waals surface area contributed by atoms with Crippen LogP contribution in [0.25, 0.3) is 0 Å². The molecule has 1 aromatic carbocycles. The van der Waals surface area contributed by atoms with Crippen LogP contribution < -0.4 is 0 Å². The van der Waals surface area contributed by atoms with Gasteiger partial charge in [0.25, 0.3) is 0 Å². The molecular formula is C12H14Cl2O3. The predicted molar refractivity (Wildman–Crippen MR) is 68.1 cm³/mol. The van der Waals surface area contributed by atoms with E-state index in [9.17, 15) is 4.79 Å². The molecule has 0 atom stereocenters. The number of hydrogen-bond acceptors (Lipinski definition) is 3. The molecule has 0 aliphatic carbocycles. The standard InChI is InChI=1S/C12H14Cl2O3/c1-16-7-8-17-6-5-11(15)9-3-2-4-10(13)12(9)14/h2-4H,5-8H2,1H3. The van der Waals surface area contributed by atoms with Crippen molar-refractivity contribution < 1.29 is 14.3 Å². The van der Waals surface area contributed by atoms with Crippen LogP contribution >= 0.6 is 23.2 Å². The molecule has 1 rings (SSSR count). The van der Waals surface area contributed by atoms with E-state index in [1.54, 1.807) is 25.3 Å². The molecule has 0 saturated carbocycles. The molecule has 0 bridgehead atoms. The van der Waals surface area contributed by atoms with E-state index in [0.717, 1.165) is 0 Å². The van der Waals surface area contributed by atoms with Gasteiger partial charge in [-0.3, -0.25) is 4.79 Å². The number of benzene rings is 1. The maximum absolute atomic E-state index is 11.8. The Morgan fingerprint density at radius 3 is 2.71 bits per heavy atom. The number of halogens is 2. The lowest BCUT2D eigenvalue weighted by Gasteiger charge is -2.05. The van der Waals surface area contributed by atoms with Crippen molar-refractivity contribution in [3.63, 3.8) is 0 Å². The topological polar surface area (TPSA) is 35.5 Å². The highest BCUT2D eigenvalue weighted by molar-refractivity contribution is 6.43. The van der Waals surface area contributed by atoms with Crippen LogP contribution in [0.4, 0.5) is 0 Å². The number of carbonyl (C=O) groups is 1. The Morgan fingerprint density at radius 2 is 2.00 bits per heavy atom. The predicted octanol–water partition coefficient (Wildman–Crippen LogP) is 3.23. The third-order valence-electron chi connectivity index (χ3n) is 2.16. The van der Waals surface area contributed by atoms with Crippen molar-refractivity contribution >= 4 is 29.0 Å². The normalized spacial score (nSPS) is 10.5. The van der Waals surface area contributed by atoms with Crippen molar-refractivity contribution in [1.82, 2.24) is 0 Å². The number of Topliss-reactive ketones (excluding diaryl/α,β-unsaturated/α-hetero) is 1. The summed E-state index contributed by atoms with van der Waals surface area (Å²) < 4.78 is 10.0. The largest absolute Gasteiger partial charge is 0.382 e. The van der Waals surface area contributed by atoms with Crippen LogP contribution in [0.1, 0.15) is 16.8 Å². The SMILES string of the molecule is COCCOCCC(=O)c1cccc(Cl)c1Cl. The summed E-state index contributed by atoms with van der Waals surface area (Å²) in [5, 5.41) is 0.689. The minimum absolute atomic E-state index is 0.0742. The van der Waals surface area contributed by atoms with Gasteiger partial charge in [-0.05, 0) is 12.1 Å². The van der Waals surface area contributed by atoms with Gasteiger partial charge in [0, 0.05) is 19.1 Å². The zero-order chi connectivity index (χ0) is 12.7. The second-order valence-corrected chi connectivity index (χ2v) is 4.16. The van der Waals surface area contributed by atoms with Crippen LogP contribution in [0.15, 0.2) is 18.2 Å². The fourth-order valence-electron chi connectivity index (χ4n) is 1.26. The first-order chi connectivity index (χ1) is 8.16. The number of ketones is 1. The highest BCUT2D eigenvalue weighted by atomic mass is 35.5. The highest BCUT2D eigenvalue weighted by Crippen LogP contribution is 2.26. The number of carbonyl (C=O) groups excluding carboxylic acids is 1. The van der Waals surface area contributed by atoms with Gasteiger partial charge >= 0.3 is 0 Å². The van der Waals surface area contributed by atoms with E-state index in [4.69, 9.17) is 32.7 Å². The zero-order valence-corrected chi connectivity index (χ0v) is 11.1. The first-order valence-corrected chi connectivity index (χ1v) is 5.96. The average Bonchev–Trinajstić information content (AvgIpc) is 2.32. The third kappa shape index (κ3) is 4.64. The summed E-state index contributed by atoms with van der Waals surface area (Å²) in [6, 6.07) is 5.01. The Bertz CT molecular complexity index is 380. The van der Waals surface area contributed by atoms with Crippen molar-refractivity contribution in [1.29, 1.82) is 0 Å². The fourth-order valence-corrected chi connectivity index (χ4v) is 1.67. The molecule has 1 aromatic rings. The van der Waals surface area contributed by atoms with Crippen LogP contribution in [0.5, 0.6) is 0 Å². The first kappa shape index (κ1) is 14.5. The van der Waals surface area contributed by atoms with Crippen LogP contribution in [-0.4, -0.2) is 32.7 Å². The third-order valence-corrected chi connectivity index (χ3v) is 2.98. The summed E-state index contributed by atoms with van der Waals surface area (Å²) in [6.45, 7) is 1.35. The maximum atomic E-state index is 11.8. The average molecular weight is 277 g/mol. The Kier molecular flexibility index (Phi) is 6.52. The second-order valence-electron chi connectivity index (χ2n) is 3.38. The van der Waals surface area contributed by atoms with Gasteiger partial charge < -0.3 is 9.47 Å². The van der Waals surface area contributed by atoms with Crippen LogP contribution in [0.2, 0.25) is 10.0 Å². The lowest BCUT2D eigenvalue weighted by molar-refractivity contribution is 0.0641. The van der Waals surface area contributed by atoms with Crippen LogP contribution in [0.3, 0.4) is 0 Å². The van der Waals surface area contributed by atoms with Gasteiger partial charge in [-0.15, -0.1) is 0 Å². The molecule has 0 fully saturated rings. The quantitative estimate of drug-likeness (QED) is 0.567. The smallest absolute Gasteiger partial charge is 0.166 e. The number of ether oxygens (including phenoxy) is 2. The molecule has 17 heavy (non-hydrogen) atoms. The highest BCUT2D eigenvalue weighted by Gasteiger charge is 2.12.